The Morgan fingerprint density at radius 2 is 1.79 bits per heavy atom. The van der Waals surface area contributed by atoms with Crippen molar-refractivity contribution in [3.63, 3.8) is 0 Å². The number of esters is 1. The normalized spacial score (nSPS) is 10.2. The molecule has 146 valence electrons. The van der Waals surface area contributed by atoms with Crippen LogP contribution in [0.1, 0.15) is 17.5 Å². The molecule has 0 saturated carbocycles. The fourth-order valence-corrected chi connectivity index (χ4v) is 2.73. The van der Waals surface area contributed by atoms with E-state index in [9.17, 15) is 9.59 Å². The Morgan fingerprint density at radius 1 is 1.14 bits per heavy atom. The van der Waals surface area contributed by atoms with E-state index in [1.54, 1.807) is 18.3 Å². The number of amidine groups is 1. The van der Waals surface area contributed by atoms with Crippen molar-refractivity contribution in [3.05, 3.63) is 76.3 Å². The number of aryl methyl sites for hydroxylation is 1. The van der Waals surface area contributed by atoms with Crippen LogP contribution in [-0.2, 0) is 16.0 Å². The quantitative estimate of drug-likeness (QED) is 0.335. The molecule has 1 heterocycles. The third kappa shape index (κ3) is 4.69. The number of carbonyl (C=O) groups excluding carboxylic acids is 1. The number of nitrogens with one attached hydrogen (secondary N) is 2. The predicted molar refractivity (Wildman–Crippen MR) is 110 cm³/mol. The van der Waals surface area contributed by atoms with Crippen LogP contribution in [0.25, 0.3) is 16.9 Å². The average molecular weight is 401 g/mol. The lowest BCUT2D eigenvalue weighted by Gasteiger charge is -2.04. The first-order valence-corrected chi connectivity index (χ1v) is 8.40. The molecule has 8 heteroatoms. The van der Waals surface area contributed by atoms with Gasteiger partial charge in [0.1, 0.15) is 5.84 Å². The molecule has 28 heavy (non-hydrogen) atoms. The molecule has 3 rings (SSSR count). The summed E-state index contributed by atoms with van der Waals surface area (Å²) in [5.74, 6) is -0.249. The second-order valence-corrected chi connectivity index (χ2v) is 6.08. The van der Waals surface area contributed by atoms with Crippen LogP contribution in [0.15, 0.2) is 59.5 Å². The second kappa shape index (κ2) is 9.05. The average Bonchev–Trinajstić information content (AvgIpc) is 3.08. The maximum Gasteiger partial charge on any atom is 0.330 e. The van der Waals surface area contributed by atoms with Crippen LogP contribution in [0.4, 0.5) is 0 Å². The molecule has 0 spiro atoms. The second-order valence-electron chi connectivity index (χ2n) is 6.08. The highest BCUT2D eigenvalue weighted by Crippen LogP contribution is 2.18. The van der Waals surface area contributed by atoms with E-state index >= 15 is 0 Å². The number of imidazole rings is 1. The van der Waals surface area contributed by atoms with Crippen LogP contribution < -0.4 is 11.4 Å². The highest BCUT2D eigenvalue weighted by Gasteiger charge is 2.08. The zero-order valence-electron chi connectivity index (χ0n) is 15.3. The largest absolute Gasteiger partial charge is 0.469 e. The molecule has 0 radical (unpaired) electrons. The molecular weight excluding hydrogens is 380 g/mol. The van der Waals surface area contributed by atoms with Crippen LogP contribution in [0, 0.1) is 5.41 Å². The maximum atomic E-state index is 12.3. The monoisotopic (exact) mass is 400 g/mol. The Morgan fingerprint density at radius 3 is 2.36 bits per heavy atom. The molecule has 2 aromatic carbocycles. The number of halogens is 1. The number of carbonyl (C=O) groups is 1. The van der Waals surface area contributed by atoms with Gasteiger partial charge in [-0.2, -0.15) is 0 Å². The van der Waals surface area contributed by atoms with Gasteiger partial charge in [-0.3, -0.25) is 14.8 Å². The fourth-order valence-electron chi connectivity index (χ4n) is 2.73. The summed E-state index contributed by atoms with van der Waals surface area (Å²) in [5, 5.41) is 7.43. The predicted octanol–water partition coefficient (Wildman–Crippen LogP) is 2.64. The van der Waals surface area contributed by atoms with Crippen molar-refractivity contribution in [2.75, 3.05) is 7.11 Å². The Kier molecular flexibility index (Phi) is 6.79. The van der Waals surface area contributed by atoms with Gasteiger partial charge in [0.25, 0.3) is 0 Å². The molecule has 0 aliphatic rings. The molecular formula is C20H21ClN4O3. The van der Waals surface area contributed by atoms with E-state index in [4.69, 9.17) is 11.1 Å². The zero-order valence-corrected chi connectivity index (χ0v) is 16.1. The minimum atomic E-state index is -0.249. The highest BCUT2D eigenvalue weighted by atomic mass is 35.5. The minimum Gasteiger partial charge on any atom is -0.469 e. The molecule has 1 aromatic heterocycles. The van der Waals surface area contributed by atoms with E-state index in [1.165, 1.54) is 11.7 Å². The lowest BCUT2D eigenvalue weighted by Crippen LogP contribution is -2.14. The number of hydrogen-bond donors (Lipinski definition) is 3. The summed E-state index contributed by atoms with van der Waals surface area (Å²) in [6, 6.07) is 14.5. The topological polar surface area (TPSA) is 114 Å². The zero-order chi connectivity index (χ0) is 19.4. The van der Waals surface area contributed by atoms with Crippen LogP contribution >= 0.6 is 12.4 Å². The first-order valence-electron chi connectivity index (χ1n) is 8.40. The molecule has 0 amide bonds. The number of aromatic nitrogens is 2. The van der Waals surface area contributed by atoms with Crippen molar-refractivity contribution in [3.8, 4) is 16.9 Å². The molecule has 0 unspecified atom stereocenters. The summed E-state index contributed by atoms with van der Waals surface area (Å²) in [6.07, 6.45) is 2.64. The van der Waals surface area contributed by atoms with Gasteiger partial charge in [-0.15, -0.1) is 12.4 Å². The number of nitrogen functional groups attached to an aromatic ring is 1. The van der Waals surface area contributed by atoms with Gasteiger partial charge in [-0.1, -0.05) is 36.4 Å². The summed E-state index contributed by atoms with van der Waals surface area (Å²) >= 11 is 0. The van der Waals surface area contributed by atoms with E-state index in [0.29, 0.717) is 24.1 Å². The highest BCUT2D eigenvalue weighted by molar-refractivity contribution is 5.95. The van der Waals surface area contributed by atoms with Crippen molar-refractivity contribution >= 4 is 24.2 Å². The van der Waals surface area contributed by atoms with Gasteiger partial charge in [0.2, 0.25) is 0 Å². The number of H-pyrrole nitrogens is 1. The van der Waals surface area contributed by atoms with Crippen molar-refractivity contribution in [2.45, 2.75) is 12.8 Å². The number of rotatable bonds is 6. The Hall–Kier alpha value is -3.32. The van der Waals surface area contributed by atoms with E-state index in [2.05, 4.69) is 9.72 Å². The summed E-state index contributed by atoms with van der Waals surface area (Å²) < 4.78 is 6.16. The van der Waals surface area contributed by atoms with Crippen LogP contribution in [0.3, 0.4) is 0 Å². The Labute approximate surface area is 168 Å². The summed E-state index contributed by atoms with van der Waals surface area (Å²) in [7, 11) is 1.37. The van der Waals surface area contributed by atoms with Gasteiger partial charge in [0.15, 0.2) is 0 Å². The maximum absolute atomic E-state index is 12.3. The number of methoxy groups -OCH3 is 1. The van der Waals surface area contributed by atoms with Gasteiger partial charge in [0, 0.05) is 18.2 Å². The fraction of sp³-hybridized carbons (Fsp3) is 0.150. The molecule has 4 N–H and O–H groups in total. The van der Waals surface area contributed by atoms with E-state index < -0.39 is 0 Å². The van der Waals surface area contributed by atoms with Crippen molar-refractivity contribution in [2.24, 2.45) is 5.73 Å². The molecule has 0 saturated heterocycles. The molecule has 0 aliphatic carbocycles. The summed E-state index contributed by atoms with van der Waals surface area (Å²) in [6.45, 7) is 0. The van der Waals surface area contributed by atoms with E-state index in [-0.39, 0.29) is 29.9 Å². The Bertz CT molecular complexity index is 1020. The van der Waals surface area contributed by atoms with Crippen molar-refractivity contribution in [1.82, 2.24) is 9.55 Å². The SMILES string of the molecule is COC(=O)CCc1ccc(-n2cc(-c3ccc(C(=N)N)cc3)[nH]c2=O)cc1.Cl. The third-order valence-corrected chi connectivity index (χ3v) is 4.29. The third-order valence-electron chi connectivity index (χ3n) is 4.29. The van der Waals surface area contributed by atoms with Gasteiger partial charge >= 0.3 is 11.7 Å². The Balaban J connectivity index is 0.00000280. The number of hydrogen-bond acceptors (Lipinski definition) is 4. The number of aromatic amines is 1. The van der Waals surface area contributed by atoms with Gasteiger partial charge < -0.3 is 15.5 Å². The lowest BCUT2D eigenvalue weighted by molar-refractivity contribution is -0.140. The minimum absolute atomic E-state index is 0. The lowest BCUT2D eigenvalue weighted by atomic mass is 10.1. The summed E-state index contributed by atoms with van der Waals surface area (Å²) in [5.41, 5.74) is 9.06. The van der Waals surface area contributed by atoms with E-state index in [0.717, 1.165) is 16.8 Å². The molecule has 3 aromatic rings. The molecule has 0 bridgehead atoms. The standard InChI is InChI=1S/C20H20N4O3.ClH/c1-27-18(25)11-4-13-2-9-16(10-3-13)24-12-17(23-20(24)26)14-5-7-15(8-6-14)19(21)22;/h2-3,5-10,12H,4,11H2,1H3,(H3,21,22)(H,23,26);1H. The van der Waals surface area contributed by atoms with Crippen molar-refractivity contribution in [1.29, 1.82) is 5.41 Å². The molecule has 0 atom stereocenters. The number of nitrogens with zero attached hydrogens (tertiary/aromatic N) is 1. The summed E-state index contributed by atoms with van der Waals surface area (Å²) in [4.78, 5) is 26.4. The van der Waals surface area contributed by atoms with E-state index in [1.807, 2.05) is 36.4 Å². The van der Waals surface area contributed by atoms with Crippen LogP contribution in [-0.4, -0.2) is 28.5 Å². The smallest absolute Gasteiger partial charge is 0.330 e. The van der Waals surface area contributed by atoms with Gasteiger partial charge in [0.05, 0.1) is 18.5 Å². The molecule has 0 aliphatic heterocycles. The van der Waals surface area contributed by atoms with Gasteiger partial charge in [-0.05, 0) is 29.7 Å². The van der Waals surface area contributed by atoms with Crippen LogP contribution in [0.5, 0.6) is 0 Å². The number of nitrogens with two attached hydrogens (primary N) is 1. The molecule has 7 nitrogen and oxygen atoms in total. The molecule has 0 fully saturated rings. The number of ether oxygens (including phenoxy) is 1. The first-order chi connectivity index (χ1) is 13.0. The van der Waals surface area contributed by atoms with Gasteiger partial charge in [-0.25, -0.2) is 4.79 Å². The number of benzene rings is 2. The van der Waals surface area contributed by atoms with Crippen molar-refractivity contribution < 1.29 is 9.53 Å². The first kappa shape index (κ1) is 21.0. The van der Waals surface area contributed by atoms with Crippen LogP contribution in [0.2, 0.25) is 0 Å².